The zero-order valence-electron chi connectivity index (χ0n) is 17.1. The predicted molar refractivity (Wildman–Crippen MR) is 110 cm³/mol. The Kier molecular flexibility index (Phi) is 5.61. The molecule has 156 valence electrons. The number of ether oxygens (including phenoxy) is 1. The van der Waals surface area contributed by atoms with Crippen molar-refractivity contribution in [3.05, 3.63) is 46.7 Å². The summed E-state index contributed by atoms with van der Waals surface area (Å²) in [5.41, 5.74) is 4.55. The molecule has 0 unspecified atom stereocenters. The van der Waals surface area contributed by atoms with Gasteiger partial charge in [-0.1, -0.05) is 28.9 Å². The smallest absolute Gasteiger partial charge is 0.248 e. The van der Waals surface area contributed by atoms with Crippen LogP contribution in [0.2, 0.25) is 0 Å². The Hall–Kier alpha value is -2.37. The van der Waals surface area contributed by atoms with Crippen molar-refractivity contribution in [1.29, 1.82) is 0 Å². The van der Waals surface area contributed by atoms with Crippen LogP contribution in [0.4, 0.5) is 14.7 Å². The maximum Gasteiger partial charge on any atom is 0.248 e. The van der Waals surface area contributed by atoms with Gasteiger partial charge in [0.25, 0.3) is 0 Å². The van der Waals surface area contributed by atoms with E-state index < -0.39 is 5.92 Å². The number of alkyl halides is 2. The third-order valence-corrected chi connectivity index (χ3v) is 6.02. The first-order valence-corrected chi connectivity index (χ1v) is 10.4. The summed E-state index contributed by atoms with van der Waals surface area (Å²) in [5.74, 6) is -0.876. The number of aromatic nitrogens is 1. The van der Waals surface area contributed by atoms with Gasteiger partial charge in [0, 0.05) is 31.5 Å². The van der Waals surface area contributed by atoms with E-state index in [9.17, 15) is 8.78 Å². The molecule has 2 fully saturated rings. The van der Waals surface area contributed by atoms with Gasteiger partial charge in [0.15, 0.2) is 0 Å². The zero-order chi connectivity index (χ0) is 20.4. The van der Waals surface area contributed by atoms with E-state index in [1.807, 2.05) is 32.0 Å². The molecule has 1 saturated carbocycles. The summed E-state index contributed by atoms with van der Waals surface area (Å²) in [6.45, 7) is 5.83. The molecule has 0 radical (unpaired) electrons. The number of benzene rings is 1. The Morgan fingerprint density at radius 1 is 1.17 bits per heavy atom. The fraction of sp³-hybridized carbons (Fsp3) is 0.522. The van der Waals surface area contributed by atoms with Gasteiger partial charge in [-0.25, -0.2) is 8.78 Å². The molecule has 0 spiro atoms. The molecule has 2 aromatic rings. The van der Waals surface area contributed by atoms with Crippen LogP contribution in [0.15, 0.2) is 34.4 Å². The Bertz CT molecular complexity index is 871. The lowest BCUT2D eigenvalue weighted by molar-refractivity contribution is -0.0582. The molecule has 6 heteroatoms. The Balaban J connectivity index is 1.36. The van der Waals surface area contributed by atoms with Gasteiger partial charge in [0.2, 0.25) is 11.8 Å². The zero-order valence-corrected chi connectivity index (χ0v) is 17.1. The van der Waals surface area contributed by atoms with E-state index >= 15 is 0 Å². The monoisotopic (exact) mass is 402 g/mol. The Labute approximate surface area is 170 Å². The number of halogens is 2. The normalized spacial score (nSPS) is 20.0. The van der Waals surface area contributed by atoms with Crippen molar-refractivity contribution >= 4 is 12.0 Å². The summed E-state index contributed by atoms with van der Waals surface area (Å²) in [7, 11) is 0. The average Bonchev–Trinajstić information content (AvgIpc) is 3.03. The fourth-order valence-electron chi connectivity index (χ4n) is 4.08. The molecule has 1 aromatic heterocycles. The number of rotatable bonds is 4. The van der Waals surface area contributed by atoms with Gasteiger partial charge >= 0.3 is 0 Å². The van der Waals surface area contributed by atoms with Crippen molar-refractivity contribution < 1.29 is 18.0 Å². The fourth-order valence-corrected chi connectivity index (χ4v) is 4.08. The Morgan fingerprint density at radius 2 is 1.90 bits per heavy atom. The highest BCUT2D eigenvalue weighted by molar-refractivity contribution is 5.56. The minimum atomic E-state index is -2.52. The summed E-state index contributed by atoms with van der Waals surface area (Å²) in [6.07, 6.45) is 4.71. The molecule has 1 aromatic carbocycles. The second-order valence-corrected chi connectivity index (χ2v) is 8.23. The third kappa shape index (κ3) is 4.80. The van der Waals surface area contributed by atoms with Crippen molar-refractivity contribution in [2.45, 2.75) is 64.4 Å². The van der Waals surface area contributed by atoms with Gasteiger partial charge in [0.1, 0.15) is 5.75 Å². The minimum absolute atomic E-state index is 0.0813. The predicted octanol–water partition coefficient (Wildman–Crippen LogP) is 5.93. The summed E-state index contributed by atoms with van der Waals surface area (Å²) < 4.78 is 38.1. The molecule has 1 aliphatic heterocycles. The van der Waals surface area contributed by atoms with Gasteiger partial charge in [-0.15, -0.1) is 0 Å². The molecular formula is C23H28F2N2O2. The van der Waals surface area contributed by atoms with Gasteiger partial charge in [-0.05, 0) is 57.2 Å². The van der Waals surface area contributed by atoms with Crippen molar-refractivity contribution in [1.82, 2.24) is 5.16 Å². The Morgan fingerprint density at radius 3 is 2.55 bits per heavy atom. The minimum Gasteiger partial charge on any atom is -0.490 e. The van der Waals surface area contributed by atoms with E-state index in [-0.39, 0.29) is 18.9 Å². The van der Waals surface area contributed by atoms with E-state index in [2.05, 4.69) is 22.2 Å². The lowest BCUT2D eigenvalue weighted by Crippen LogP contribution is -2.30. The number of piperidine rings is 1. The molecule has 29 heavy (non-hydrogen) atoms. The second kappa shape index (κ2) is 8.17. The molecule has 0 N–H and O–H groups in total. The van der Waals surface area contributed by atoms with Crippen molar-refractivity contribution in [2.24, 2.45) is 0 Å². The standard InChI is InChI=1S/C23H28F2N2O2/c1-16-17(2)26-29-22(16)27-12-8-18(9-13-27)14-19-4-3-5-21(15-19)28-20-6-10-23(24,25)11-7-20/h3-5,14-15,20H,6-13H2,1-2H3. The molecule has 4 rings (SSSR count). The van der Waals surface area contributed by atoms with Crippen LogP contribution in [0.5, 0.6) is 5.75 Å². The van der Waals surface area contributed by atoms with Crippen molar-refractivity contribution in [3.63, 3.8) is 0 Å². The molecule has 0 bridgehead atoms. The van der Waals surface area contributed by atoms with Crippen LogP contribution in [0.3, 0.4) is 0 Å². The SMILES string of the molecule is Cc1noc(N2CCC(=Cc3cccc(OC4CCC(F)(F)CC4)c3)CC2)c1C. The number of hydrogen-bond donors (Lipinski definition) is 0. The molecule has 0 amide bonds. The largest absolute Gasteiger partial charge is 0.490 e. The highest BCUT2D eigenvalue weighted by atomic mass is 19.3. The maximum atomic E-state index is 13.3. The van der Waals surface area contributed by atoms with Gasteiger partial charge in [0.05, 0.1) is 11.8 Å². The number of aryl methyl sites for hydroxylation is 1. The van der Waals surface area contributed by atoms with Crippen molar-refractivity contribution in [2.75, 3.05) is 18.0 Å². The average molecular weight is 402 g/mol. The van der Waals surface area contributed by atoms with E-state index in [1.54, 1.807) is 0 Å². The van der Waals surface area contributed by atoms with Crippen LogP contribution in [0, 0.1) is 13.8 Å². The summed E-state index contributed by atoms with van der Waals surface area (Å²) in [4.78, 5) is 2.26. The molecule has 0 atom stereocenters. The third-order valence-electron chi connectivity index (χ3n) is 6.02. The number of hydrogen-bond acceptors (Lipinski definition) is 4. The van der Waals surface area contributed by atoms with Gasteiger partial charge < -0.3 is 14.2 Å². The molecule has 1 aliphatic carbocycles. The highest BCUT2D eigenvalue weighted by Gasteiger charge is 2.35. The van der Waals surface area contributed by atoms with E-state index in [0.717, 1.165) is 54.4 Å². The van der Waals surface area contributed by atoms with Crippen molar-refractivity contribution in [3.8, 4) is 5.75 Å². The lowest BCUT2D eigenvalue weighted by Gasteiger charge is -2.29. The molecule has 4 nitrogen and oxygen atoms in total. The molecule has 1 saturated heterocycles. The highest BCUT2D eigenvalue weighted by Crippen LogP contribution is 2.35. The second-order valence-electron chi connectivity index (χ2n) is 8.23. The molecule has 2 aliphatic rings. The quantitative estimate of drug-likeness (QED) is 0.635. The van der Waals surface area contributed by atoms with Crippen LogP contribution in [0.1, 0.15) is 55.3 Å². The van der Waals surface area contributed by atoms with Crippen LogP contribution >= 0.6 is 0 Å². The maximum absolute atomic E-state index is 13.3. The van der Waals surface area contributed by atoms with Crippen LogP contribution in [-0.2, 0) is 0 Å². The lowest BCUT2D eigenvalue weighted by atomic mass is 9.94. The van der Waals surface area contributed by atoms with Crippen LogP contribution in [0.25, 0.3) is 6.08 Å². The number of nitrogens with zero attached hydrogens (tertiary/aromatic N) is 2. The summed E-state index contributed by atoms with van der Waals surface area (Å²) >= 11 is 0. The van der Waals surface area contributed by atoms with E-state index in [0.29, 0.717) is 12.8 Å². The molecular weight excluding hydrogens is 374 g/mol. The first-order chi connectivity index (χ1) is 13.9. The van der Waals surface area contributed by atoms with E-state index in [4.69, 9.17) is 9.26 Å². The molecule has 2 heterocycles. The summed E-state index contributed by atoms with van der Waals surface area (Å²) in [5, 5.41) is 4.06. The number of anilines is 1. The van der Waals surface area contributed by atoms with Crippen LogP contribution in [-0.4, -0.2) is 30.3 Å². The summed E-state index contributed by atoms with van der Waals surface area (Å²) in [6, 6.07) is 7.95. The first-order valence-electron chi connectivity index (χ1n) is 10.4. The van der Waals surface area contributed by atoms with E-state index in [1.165, 1.54) is 5.57 Å². The first kappa shape index (κ1) is 19.9. The van der Waals surface area contributed by atoms with Gasteiger partial charge in [-0.3, -0.25) is 0 Å². The van der Waals surface area contributed by atoms with Crippen LogP contribution < -0.4 is 9.64 Å². The topological polar surface area (TPSA) is 38.5 Å². The van der Waals surface area contributed by atoms with Gasteiger partial charge in [-0.2, -0.15) is 0 Å².